The number of carbonyl (C=O) groups excluding carboxylic acids is 1. The second kappa shape index (κ2) is 17.1. The first-order valence-corrected chi connectivity index (χ1v) is 20.2. The van der Waals surface area contributed by atoms with E-state index < -0.39 is 0 Å². The van der Waals surface area contributed by atoms with E-state index >= 15 is 0 Å². The van der Waals surface area contributed by atoms with Gasteiger partial charge in [-0.05, 0) is 84.4 Å². The van der Waals surface area contributed by atoms with Crippen LogP contribution in [0.25, 0.3) is 42.7 Å². The Balaban J connectivity index is 0.000000299. The van der Waals surface area contributed by atoms with Gasteiger partial charge in [0.2, 0.25) is 0 Å². The van der Waals surface area contributed by atoms with Gasteiger partial charge in [0.05, 0.1) is 10.6 Å². The number of carbonyl (C=O) groups is 1. The number of aryl methyl sites for hydroxylation is 2. The molecular weight excluding hydrogens is 849 g/mol. The summed E-state index contributed by atoms with van der Waals surface area (Å²) in [6.07, 6.45) is 12.0. The maximum atomic E-state index is 12.2. The Hall–Kier alpha value is -3.18. The Morgan fingerprint density at radius 1 is 0.887 bits per heavy atom. The Kier molecular flexibility index (Phi) is 13.7. The first-order valence-electron chi connectivity index (χ1n) is 19.4. The smallest absolute Gasteiger partial charge is 0.164 e. The van der Waals surface area contributed by atoms with Gasteiger partial charge in [0.25, 0.3) is 0 Å². The molecule has 53 heavy (non-hydrogen) atoms. The summed E-state index contributed by atoms with van der Waals surface area (Å²) >= 11 is 1.86. The quantitative estimate of drug-likeness (QED) is 0.0861. The zero-order valence-corrected chi connectivity index (χ0v) is 37.0. The number of aliphatic hydroxyl groups is 1. The van der Waals surface area contributed by atoms with Crippen molar-refractivity contribution in [1.82, 2.24) is 9.97 Å². The van der Waals surface area contributed by atoms with Gasteiger partial charge >= 0.3 is 0 Å². The van der Waals surface area contributed by atoms with Crippen LogP contribution in [-0.4, -0.2) is 20.9 Å². The van der Waals surface area contributed by atoms with Crippen molar-refractivity contribution in [2.75, 3.05) is 0 Å². The van der Waals surface area contributed by atoms with Crippen molar-refractivity contribution in [2.45, 2.75) is 127 Å². The van der Waals surface area contributed by atoms with E-state index in [1.54, 1.807) is 0 Å². The molecule has 3 aromatic heterocycles. The Morgan fingerprint density at radius 2 is 1.55 bits per heavy atom. The average molecular weight is 908 g/mol. The topological polar surface area (TPSA) is 63.1 Å². The number of hydrogen-bond donors (Lipinski definition) is 1. The van der Waals surface area contributed by atoms with Crippen molar-refractivity contribution in [2.24, 2.45) is 16.7 Å². The summed E-state index contributed by atoms with van der Waals surface area (Å²) in [6, 6.07) is 19.2. The molecule has 1 aliphatic rings. The number of allylic oxidation sites excluding steroid dienone is 2. The molecule has 0 spiro atoms. The van der Waals surface area contributed by atoms with E-state index in [1.807, 2.05) is 59.1 Å². The molecule has 285 valence electrons. The third kappa shape index (κ3) is 8.87. The molecule has 1 radical (unpaired) electrons. The number of pyridine rings is 2. The second-order valence-corrected chi connectivity index (χ2v) is 17.7. The Morgan fingerprint density at radius 3 is 2.17 bits per heavy atom. The van der Waals surface area contributed by atoms with Gasteiger partial charge in [-0.25, -0.2) is 0 Å². The minimum absolute atomic E-state index is 0. The third-order valence-electron chi connectivity index (χ3n) is 11.7. The fourth-order valence-corrected chi connectivity index (χ4v) is 8.55. The molecule has 0 amide bonds. The Bertz CT molecular complexity index is 2090. The molecule has 4 nitrogen and oxygen atoms in total. The van der Waals surface area contributed by atoms with E-state index in [9.17, 15) is 9.90 Å². The van der Waals surface area contributed by atoms with Crippen molar-refractivity contribution in [3.63, 3.8) is 0 Å². The van der Waals surface area contributed by atoms with Gasteiger partial charge in [-0.3, -0.25) is 14.8 Å². The number of fused-ring (bicyclic) bond motifs is 6. The normalized spacial score (nSPS) is 13.3. The van der Waals surface area contributed by atoms with Crippen LogP contribution in [0, 0.1) is 22.8 Å². The number of aromatic nitrogens is 2. The molecule has 2 aromatic carbocycles. The number of aliphatic hydroxyl groups excluding tert-OH is 1. The van der Waals surface area contributed by atoms with E-state index in [-0.39, 0.29) is 47.9 Å². The van der Waals surface area contributed by atoms with Crippen LogP contribution < -0.4 is 0 Å². The first-order chi connectivity index (χ1) is 24.6. The predicted octanol–water partition coefficient (Wildman–Crippen LogP) is 13.2. The van der Waals surface area contributed by atoms with Crippen LogP contribution >= 0.6 is 11.3 Å². The van der Waals surface area contributed by atoms with Crippen molar-refractivity contribution in [3.05, 3.63) is 95.0 Å². The standard InChI is InChI=1S/C32H31N2S.C15H28O2.Ir/c1-19(2)14-20-15-22-10-11-25-26-12-13-33-29(31(26)35-30(25)28(22)34-18-20)23-16-21-8-6-7-9-24(21)27(17-23)32(3,4)5;1-7-14(5,8-2)12(16)11-13(17)15(6,9-3)10-4;/h6-9,12-13,15,17-19H,10-11,14H2,1-5H3;11,16H,7-10H2,1-6H3;/q-1;;/b;12-11-;. The van der Waals surface area contributed by atoms with E-state index in [4.69, 9.17) is 9.97 Å². The van der Waals surface area contributed by atoms with Crippen LogP contribution in [0.4, 0.5) is 0 Å². The Labute approximate surface area is 336 Å². The van der Waals surface area contributed by atoms with Crippen LogP contribution in [0.15, 0.2) is 66.7 Å². The van der Waals surface area contributed by atoms with Crippen LogP contribution in [0.3, 0.4) is 0 Å². The number of thiophene rings is 1. The van der Waals surface area contributed by atoms with Gasteiger partial charge in [0.15, 0.2) is 5.78 Å². The van der Waals surface area contributed by atoms with Crippen molar-refractivity contribution < 1.29 is 30.0 Å². The molecular formula is C47H59IrN2O2S-. The molecule has 0 saturated heterocycles. The summed E-state index contributed by atoms with van der Waals surface area (Å²) in [7, 11) is 0. The summed E-state index contributed by atoms with van der Waals surface area (Å²) in [5.41, 5.74) is 8.24. The van der Waals surface area contributed by atoms with Gasteiger partial charge < -0.3 is 5.11 Å². The molecule has 0 aliphatic heterocycles. The maximum absolute atomic E-state index is 12.2. The fourth-order valence-electron chi connectivity index (χ4n) is 7.17. The zero-order valence-electron chi connectivity index (χ0n) is 33.8. The number of ketones is 1. The fraction of sp³-hybridized carbons (Fsp3) is 0.468. The number of benzene rings is 2. The number of rotatable bonds is 10. The molecule has 0 saturated carbocycles. The monoisotopic (exact) mass is 908 g/mol. The molecule has 0 bridgehead atoms. The molecule has 1 N–H and O–H groups in total. The summed E-state index contributed by atoms with van der Waals surface area (Å²) in [5.74, 6) is 0.928. The minimum atomic E-state index is -0.337. The molecule has 1 aliphatic carbocycles. The molecule has 3 heterocycles. The van der Waals surface area contributed by atoms with E-state index in [0.717, 1.165) is 61.6 Å². The van der Waals surface area contributed by atoms with Crippen molar-refractivity contribution in [1.29, 1.82) is 0 Å². The van der Waals surface area contributed by atoms with Gasteiger partial charge in [0.1, 0.15) is 5.76 Å². The zero-order chi connectivity index (χ0) is 38.0. The van der Waals surface area contributed by atoms with E-state index in [1.165, 1.54) is 54.4 Å². The van der Waals surface area contributed by atoms with Gasteiger partial charge in [0, 0.05) is 59.8 Å². The van der Waals surface area contributed by atoms with Crippen LogP contribution in [0.5, 0.6) is 0 Å². The summed E-state index contributed by atoms with van der Waals surface area (Å²) in [4.78, 5) is 23.4. The summed E-state index contributed by atoms with van der Waals surface area (Å²) in [5, 5.41) is 13.9. The average Bonchev–Trinajstić information content (AvgIpc) is 3.52. The van der Waals surface area contributed by atoms with Gasteiger partial charge in [-0.1, -0.05) is 111 Å². The molecule has 6 heteroatoms. The van der Waals surface area contributed by atoms with Crippen LogP contribution in [0.2, 0.25) is 0 Å². The van der Waals surface area contributed by atoms with Gasteiger partial charge in [-0.15, -0.1) is 40.5 Å². The van der Waals surface area contributed by atoms with Crippen LogP contribution in [0.1, 0.15) is 124 Å². The molecule has 5 aromatic rings. The predicted molar refractivity (Wildman–Crippen MR) is 222 cm³/mol. The SMILES string of the molecule is CC(C)Cc1cnc2c(c1)CCc1c-2sc2c(-c3[c-]c4ccccc4c(C(C)(C)C)c3)nccc12.CCC(C)(CC)C(=O)/C=C(\O)C(C)(CC)CC.[Ir]. The summed E-state index contributed by atoms with van der Waals surface area (Å²) in [6.45, 7) is 23.5. The van der Waals surface area contributed by atoms with Gasteiger partial charge in [-0.2, -0.15) is 0 Å². The number of hydrogen-bond acceptors (Lipinski definition) is 5. The molecule has 6 rings (SSSR count). The molecule has 0 unspecified atom stereocenters. The van der Waals surface area contributed by atoms with Crippen molar-refractivity contribution in [3.8, 4) is 21.8 Å². The van der Waals surface area contributed by atoms with E-state index in [2.05, 4.69) is 89.3 Å². The second-order valence-electron chi connectivity index (χ2n) is 16.7. The first kappa shape index (κ1) is 42.6. The van der Waals surface area contributed by atoms with E-state index in [0.29, 0.717) is 5.92 Å². The minimum Gasteiger partial charge on any atom is -0.512 e. The molecule has 0 fully saturated rings. The van der Waals surface area contributed by atoms with Crippen LogP contribution in [-0.2, 0) is 49.6 Å². The maximum Gasteiger partial charge on any atom is 0.164 e. The largest absolute Gasteiger partial charge is 0.512 e. The third-order valence-corrected chi connectivity index (χ3v) is 12.9. The molecule has 0 atom stereocenters. The summed E-state index contributed by atoms with van der Waals surface area (Å²) < 4.78 is 1.25. The van der Waals surface area contributed by atoms with Crippen molar-refractivity contribution >= 4 is 38.0 Å². The number of nitrogens with zero attached hydrogens (tertiary/aromatic N) is 2.